The predicted molar refractivity (Wildman–Crippen MR) is 72.4 cm³/mol. The molecule has 2 aromatic rings. The van der Waals surface area contributed by atoms with E-state index in [2.05, 4.69) is 10.3 Å². The highest BCUT2D eigenvalue weighted by molar-refractivity contribution is 7.99. The number of anilines is 1. The number of rotatable bonds is 5. The molecule has 0 aliphatic heterocycles. The SMILES string of the molecule is O=C(CCSc1ccc(F)c(F)c1)Nc1nccs1. The third kappa shape index (κ3) is 4.29. The molecule has 100 valence electrons. The van der Waals surface area contributed by atoms with E-state index in [0.717, 1.165) is 12.1 Å². The molecule has 0 atom stereocenters. The lowest BCUT2D eigenvalue weighted by Crippen LogP contribution is -2.11. The molecule has 0 saturated carbocycles. The van der Waals surface area contributed by atoms with E-state index >= 15 is 0 Å². The summed E-state index contributed by atoms with van der Waals surface area (Å²) in [6.07, 6.45) is 1.89. The molecule has 19 heavy (non-hydrogen) atoms. The molecule has 7 heteroatoms. The van der Waals surface area contributed by atoms with Gasteiger partial charge in [-0.25, -0.2) is 13.8 Å². The molecule has 0 radical (unpaired) electrons. The Morgan fingerprint density at radius 2 is 2.21 bits per heavy atom. The first-order chi connectivity index (χ1) is 9.15. The fourth-order valence-electron chi connectivity index (χ4n) is 1.30. The van der Waals surface area contributed by atoms with Crippen LogP contribution in [0, 0.1) is 11.6 Å². The molecule has 0 fully saturated rings. The average molecular weight is 300 g/mol. The number of halogens is 2. The first-order valence-corrected chi connectivity index (χ1v) is 7.29. The fraction of sp³-hybridized carbons (Fsp3) is 0.167. The van der Waals surface area contributed by atoms with Crippen molar-refractivity contribution in [3.63, 3.8) is 0 Å². The maximum absolute atomic E-state index is 12.9. The number of nitrogens with one attached hydrogen (secondary N) is 1. The van der Waals surface area contributed by atoms with Crippen LogP contribution in [0.5, 0.6) is 0 Å². The largest absolute Gasteiger partial charge is 0.302 e. The Hall–Kier alpha value is -1.47. The number of thiazole rings is 1. The minimum atomic E-state index is -0.878. The lowest BCUT2D eigenvalue weighted by molar-refractivity contribution is -0.115. The van der Waals surface area contributed by atoms with Gasteiger partial charge in [-0.3, -0.25) is 4.79 Å². The monoisotopic (exact) mass is 300 g/mol. The molecule has 0 saturated heterocycles. The van der Waals surface area contributed by atoms with Gasteiger partial charge in [0, 0.05) is 28.6 Å². The Morgan fingerprint density at radius 1 is 1.37 bits per heavy atom. The number of carbonyl (C=O) groups excluding carboxylic acids is 1. The second kappa shape index (κ2) is 6.63. The van der Waals surface area contributed by atoms with Crippen LogP contribution >= 0.6 is 23.1 Å². The van der Waals surface area contributed by atoms with Gasteiger partial charge in [0.15, 0.2) is 16.8 Å². The molecule has 1 aromatic heterocycles. The molecule has 1 aromatic carbocycles. The van der Waals surface area contributed by atoms with Gasteiger partial charge < -0.3 is 5.32 Å². The van der Waals surface area contributed by atoms with Crippen LogP contribution in [0.3, 0.4) is 0 Å². The van der Waals surface area contributed by atoms with Crippen LogP contribution < -0.4 is 5.32 Å². The van der Waals surface area contributed by atoms with Crippen molar-refractivity contribution < 1.29 is 13.6 Å². The van der Waals surface area contributed by atoms with Crippen LogP contribution in [0.1, 0.15) is 6.42 Å². The number of aromatic nitrogens is 1. The van der Waals surface area contributed by atoms with E-state index in [1.807, 2.05) is 0 Å². The molecule has 0 spiro atoms. The van der Waals surface area contributed by atoms with E-state index in [1.54, 1.807) is 11.6 Å². The molecule has 1 N–H and O–H groups in total. The highest BCUT2D eigenvalue weighted by Crippen LogP contribution is 2.21. The van der Waals surface area contributed by atoms with E-state index in [1.165, 1.54) is 29.2 Å². The number of nitrogens with zero attached hydrogens (tertiary/aromatic N) is 1. The normalized spacial score (nSPS) is 10.4. The van der Waals surface area contributed by atoms with Crippen LogP contribution in [0.2, 0.25) is 0 Å². The summed E-state index contributed by atoms with van der Waals surface area (Å²) in [4.78, 5) is 16.1. The molecule has 2 rings (SSSR count). The summed E-state index contributed by atoms with van der Waals surface area (Å²) in [6, 6.07) is 3.69. The molecule has 1 amide bonds. The number of carbonyl (C=O) groups is 1. The van der Waals surface area contributed by atoms with Crippen molar-refractivity contribution in [1.29, 1.82) is 0 Å². The lowest BCUT2D eigenvalue weighted by Gasteiger charge is -2.03. The number of hydrogen-bond donors (Lipinski definition) is 1. The van der Waals surface area contributed by atoms with Crippen LogP contribution in [-0.2, 0) is 4.79 Å². The van der Waals surface area contributed by atoms with Gasteiger partial charge in [-0.15, -0.1) is 23.1 Å². The van der Waals surface area contributed by atoms with Gasteiger partial charge in [0.1, 0.15) is 0 Å². The highest BCUT2D eigenvalue weighted by atomic mass is 32.2. The van der Waals surface area contributed by atoms with Crippen molar-refractivity contribution in [2.75, 3.05) is 11.1 Å². The summed E-state index contributed by atoms with van der Waals surface area (Å²) < 4.78 is 25.6. The van der Waals surface area contributed by atoms with Crippen molar-refractivity contribution in [3.8, 4) is 0 Å². The zero-order valence-corrected chi connectivity index (χ0v) is 11.4. The van der Waals surface area contributed by atoms with E-state index in [4.69, 9.17) is 0 Å². The topological polar surface area (TPSA) is 42.0 Å². The average Bonchev–Trinajstić information content (AvgIpc) is 2.86. The van der Waals surface area contributed by atoms with Crippen LogP contribution in [0.15, 0.2) is 34.7 Å². The molecule has 0 aliphatic carbocycles. The number of thioether (sulfide) groups is 1. The summed E-state index contributed by atoms with van der Waals surface area (Å²) in [5, 5.41) is 4.98. The maximum atomic E-state index is 12.9. The molecule has 3 nitrogen and oxygen atoms in total. The van der Waals surface area contributed by atoms with Crippen LogP contribution in [-0.4, -0.2) is 16.6 Å². The summed E-state index contributed by atoms with van der Waals surface area (Å²) in [6.45, 7) is 0. The van der Waals surface area contributed by atoms with E-state index in [9.17, 15) is 13.6 Å². The van der Waals surface area contributed by atoms with E-state index in [0.29, 0.717) is 15.8 Å². The molecule has 1 heterocycles. The molecular weight excluding hydrogens is 290 g/mol. The molecule has 0 bridgehead atoms. The molecule has 0 unspecified atom stereocenters. The minimum Gasteiger partial charge on any atom is -0.302 e. The van der Waals surface area contributed by atoms with Crippen molar-refractivity contribution in [1.82, 2.24) is 4.98 Å². The fourth-order valence-corrected chi connectivity index (χ4v) is 2.71. The number of amides is 1. The zero-order valence-electron chi connectivity index (χ0n) is 9.73. The van der Waals surface area contributed by atoms with E-state index in [-0.39, 0.29) is 12.3 Å². The summed E-state index contributed by atoms with van der Waals surface area (Å²) >= 11 is 2.64. The second-order valence-electron chi connectivity index (χ2n) is 3.56. The minimum absolute atomic E-state index is 0.148. The van der Waals surface area contributed by atoms with E-state index < -0.39 is 11.6 Å². The van der Waals surface area contributed by atoms with Gasteiger partial charge in [-0.1, -0.05) is 0 Å². The third-order valence-corrected chi connectivity index (χ3v) is 3.85. The van der Waals surface area contributed by atoms with Crippen LogP contribution in [0.25, 0.3) is 0 Å². The Balaban J connectivity index is 1.76. The first-order valence-electron chi connectivity index (χ1n) is 5.42. The van der Waals surface area contributed by atoms with Gasteiger partial charge in [0.05, 0.1) is 0 Å². The van der Waals surface area contributed by atoms with Gasteiger partial charge in [0.2, 0.25) is 5.91 Å². The Kier molecular flexibility index (Phi) is 4.86. The third-order valence-electron chi connectivity index (χ3n) is 2.17. The van der Waals surface area contributed by atoms with Gasteiger partial charge in [0.25, 0.3) is 0 Å². The Morgan fingerprint density at radius 3 is 2.89 bits per heavy atom. The Bertz CT molecular complexity index is 561. The van der Waals surface area contributed by atoms with Gasteiger partial charge in [-0.2, -0.15) is 0 Å². The zero-order chi connectivity index (χ0) is 13.7. The predicted octanol–water partition coefficient (Wildman–Crippen LogP) is 3.54. The van der Waals surface area contributed by atoms with Crippen LogP contribution in [0.4, 0.5) is 13.9 Å². The Labute approximate surface area is 117 Å². The first kappa shape index (κ1) is 14.0. The summed E-state index contributed by atoms with van der Waals surface area (Å²) in [7, 11) is 0. The smallest absolute Gasteiger partial charge is 0.226 e. The quantitative estimate of drug-likeness (QED) is 0.859. The van der Waals surface area contributed by atoms with Crippen molar-refractivity contribution in [3.05, 3.63) is 41.4 Å². The second-order valence-corrected chi connectivity index (χ2v) is 5.62. The van der Waals surface area contributed by atoms with Gasteiger partial charge >= 0.3 is 0 Å². The number of hydrogen-bond acceptors (Lipinski definition) is 4. The maximum Gasteiger partial charge on any atom is 0.226 e. The molecule has 0 aliphatic rings. The molecular formula is C12H10F2N2OS2. The van der Waals surface area contributed by atoms with Crippen molar-refractivity contribution in [2.45, 2.75) is 11.3 Å². The standard InChI is InChI=1S/C12H10F2N2OS2/c13-9-2-1-8(7-10(9)14)18-5-3-11(17)16-12-15-4-6-19-12/h1-2,4,6-7H,3,5H2,(H,15,16,17). The lowest BCUT2D eigenvalue weighted by atomic mass is 10.3. The highest BCUT2D eigenvalue weighted by Gasteiger charge is 2.06. The van der Waals surface area contributed by atoms with Crippen molar-refractivity contribution >= 4 is 34.1 Å². The van der Waals surface area contributed by atoms with Crippen molar-refractivity contribution in [2.24, 2.45) is 0 Å². The number of benzene rings is 1. The van der Waals surface area contributed by atoms with Gasteiger partial charge in [-0.05, 0) is 18.2 Å². The summed E-state index contributed by atoms with van der Waals surface area (Å²) in [5.41, 5.74) is 0. The summed E-state index contributed by atoms with van der Waals surface area (Å²) in [5.74, 6) is -1.41.